The van der Waals surface area contributed by atoms with E-state index in [0.29, 0.717) is 24.1 Å². The maximum absolute atomic E-state index is 13.6. The molecule has 188 valence electrons. The number of aromatic nitrogens is 3. The molecule has 0 fully saturated rings. The number of halogens is 1. The van der Waals surface area contributed by atoms with E-state index in [0.717, 1.165) is 51.2 Å². The summed E-state index contributed by atoms with van der Waals surface area (Å²) in [6, 6.07) is 13.8. The van der Waals surface area contributed by atoms with Crippen molar-refractivity contribution in [2.24, 2.45) is 5.41 Å². The number of aryl methyl sites for hydroxylation is 1. The first kappa shape index (κ1) is 25.1. The van der Waals surface area contributed by atoms with E-state index >= 15 is 0 Å². The van der Waals surface area contributed by atoms with Crippen molar-refractivity contribution >= 4 is 39.4 Å². The first-order valence-electron chi connectivity index (χ1n) is 12.3. The first-order chi connectivity index (χ1) is 17.3. The molecule has 3 aromatic rings. The lowest BCUT2D eigenvalue weighted by Gasteiger charge is -2.38. The number of nitrogens with one attached hydrogen (secondary N) is 1. The van der Waals surface area contributed by atoms with Gasteiger partial charge in [0.15, 0.2) is 5.78 Å². The molecule has 0 saturated carbocycles. The fraction of sp³-hybridized carbons (Fsp3) is 0.393. The molecular weight excluding hydrogens is 536 g/mol. The van der Waals surface area contributed by atoms with Crippen LogP contribution in [-0.2, 0) is 11.4 Å². The number of carbonyl (C=O) groups is 1. The molecule has 1 aliphatic carbocycles. The van der Waals surface area contributed by atoms with Gasteiger partial charge in [-0.2, -0.15) is 4.98 Å². The van der Waals surface area contributed by atoms with Gasteiger partial charge in [-0.3, -0.25) is 4.79 Å². The molecule has 0 amide bonds. The van der Waals surface area contributed by atoms with Crippen molar-refractivity contribution in [3.05, 3.63) is 74.9 Å². The maximum Gasteiger partial charge on any atom is 0.227 e. The molecule has 6 nitrogen and oxygen atoms in total. The van der Waals surface area contributed by atoms with Crippen LogP contribution in [0.3, 0.4) is 0 Å². The summed E-state index contributed by atoms with van der Waals surface area (Å²) >= 11 is 5.28. The number of benzene rings is 2. The zero-order valence-corrected chi connectivity index (χ0v) is 23.5. The summed E-state index contributed by atoms with van der Waals surface area (Å²) in [5.74, 6) is 2.50. The molecule has 5 rings (SSSR count). The normalized spacial score (nSPS) is 18.5. The summed E-state index contributed by atoms with van der Waals surface area (Å²) in [6.45, 7) is 8.96. The van der Waals surface area contributed by atoms with E-state index in [1.165, 1.54) is 5.56 Å². The SMILES string of the molecule is CCCSc1nc2n(n1)C(c1cc(Br)ccc1OCc1ccccc1C)C1=C(CC(C)(C)CC1=O)N2. The van der Waals surface area contributed by atoms with Crippen molar-refractivity contribution in [2.45, 2.75) is 64.8 Å². The van der Waals surface area contributed by atoms with Gasteiger partial charge in [-0.25, -0.2) is 4.68 Å². The third kappa shape index (κ3) is 4.98. The van der Waals surface area contributed by atoms with Crippen LogP contribution in [-0.4, -0.2) is 26.3 Å². The minimum Gasteiger partial charge on any atom is -0.489 e. The highest BCUT2D eigenvalue weighted by Crippen LogP contribution is 2.47. The van der Waals surface area contributed by atoms with Crippen LogP contribution in [0.15, 0.2) is 63.4 Å². The van der Waals surface area contributed by atoms with Gasteiger partial charge in [0.05, 0.1) is 0 Å². The van der Waals surface area contributed by atoms with Gasteiger partial charge < -0.3 is 10.1 Å². The molecule has 2 aromatic carbocycles. The third-order valence-electron chi connectivity index (χ3n) is 6.66. The van der Waals surface area contributed by atoms with Crippen LogP contribution in [0.1, 0.15) is 62.8 Å². The zero-order valence-electron chi connectivity index (χ0n) is 21.1. The zero-order chi connectivity index (χ0) is 25.4. The standard InChI is InChI=1S/C28H31BrN4O2S/c1-5-12-36-27-31-26-30-21-14-28(3,4)15-22(34)24(21)25(33(26)32-27)20-13-19(29)10-11-23(20)35-16-18-9-7-6-8-17(18)2/h6-11,13,25H,5,12,14-16H2,1-4H3,(H,30,31,32). The topological polar surface area (TPSA) is 69.0 Å². The Morgan fingerprint density at radius 1 is 1.22 bits per heavy atom. The van der Waals surface area contributed by atoms with Crippen molar-refractivity contribution in [2.75, 3.05) is 11.1 Å². The summed E-state index contributed by atoms with van der Waals surface area (Å²) in [6.07, 6.45) is 2.32. The minimum absolute atomic E-state index is 0.114. The molecule has 36 heavy (non-hydrogen) atoms. The molecular formula is C28H31BrN4O2S. The predicted octanol–water partition coefficient (Wildman–Crippen LogP) is 7.09. The van der Waals surface area contributed by atoms with E-state index in [4.69, 9.17) is 14.8 Å². The van der Waals surface area contributed by atoms with Gasteiger partial charge in [0, 0.05) is 33.5 Å². The van der Waals surface area contributed by atoms with Crippen molar-refractivity contribution in [3.8, 4) is 5.75 Å². The second-order valence-electron chi connectivity index (χ2n) is 10.3. The molecule has 1 aromatic heterocycles. The monoisotopic (exact) mass is 566 g/mol. The van der Waals surface area contributed by atoms with Gasteiger partial charge in [-0.15, -0.1) is 5.10 Å². The van der Waals surface area contributed by atoms with Crippen molar-refractivity contribution in [1.82, 2.24) is 14.8 Å². The number of nitrogens with zero attached hydrogens (tertiary/aromatic N) is 3. The predicted molar refractivity (Wildman–Crippen MR) is 147 cm³/mol. The average Bonchev–Trinajstić information content (AvgIpc) is 3.23. The van der Waals surface area contributed by atoms with Crippen LogP contribution in [0.5, 0.6) is 5.75 Å². The molecule has 1 N–H and O–H groups in total. The van der Waals surface area contributed by atoms with Crippen LogP contribution in [0.25, 0.3) is 0 Å². The highest BCUT2D eigenvalue weighted by atomic mass is 79.9. The van der Waals surface area contributed by atoms with Gasteiger partial charge in [-0.05, 0) is 54.5 Å². The van der Waals surface area contributed by atoms with E-state index < -0.39 is 6.04 Å². The Morgan fingerprint density at radius 3 is 2.81 bits per heavy atom. The number of carbonyl (C=O) groups excluding carboxylic acids is 1. The molecule has 0 saturated heterocycles. The smallest absolute Gasteiger partial charge is 0.227 e. The fourth-order valence-corrected chi connectivity index (χ4v) is 5.99. The first-order valence-corrected chi connectivity index (χ1v) is 14.1. The van der Waals surface area contributed by atoms with Gasteiger partial charge in [0.2, 0.25) is 11.1 Å². The number of ketones is 1. The van der Waals surface area contributed by atoms with E-state index in [9.17, 15) is 4.79 Å². The Kier molecular flexibility index (Phi) is 7.01. The Balaban J connectivity index is 1.61. The van der Waals surface area contributed by atoms with E-state index in [1.54, 1.807) is 11.8 Å². The fourth-order valence-electron chi connectivity index (χ4n) is 4.92. The van der Waals surface area contributed by atoms with Crippen molar-refractivity contribution in [3.63, 3.8) is 0 Å². The van der Waals surface area contributed by atoms with E-state index in [2.05, 4.69) is 61.1 Å². The van der Waals surface area contributed by atoms with Gasteiger partial charge in [-0.1, -0.05) is 72.7 Å². The second kappa shape index (κ2) is 10.1. The number of Topliss-reactive ketones (excluding diaryl/α,β-unsaturated/α-hetero) is 1. The number of ether oxygens (including phenoxy) is 1. The summed E-state index contributed by atoms with van der Waals surface area (Å²) < 4.78 is 9.21. The maximum atomic E-state index is 13.6. The number of thioether (sulfide) groups is 1. The average molecular weight is 568 g/mol. The number of allylic oxidation sites excluding steroid dienone is 2. The Bertz CT molecular complexity index is 1350. The Hall–Kier alpha value is -2.58. The number of hydrogen-bond donors (Lipinski definition) is 1. The lowest BCUT2D eigenvalue weighted by molar-refractivity contribution is -0.118. The van der Waals surface area contributed by atoms with Crippen molar-refractivity contribution in [1.29, 1.82) is 0 Å². The number of rotatable bonds is 7. The van der Waals surface area contributed by atoms with Gasteiger partial charge in [0.25, 0.3) is 0 Å². The summed E-state index contributed by atoms with van der Waals surface area (Å²) in [5, 5.41) is 9.04. The summed E-state index contributed by atoms with van der Waals surface area (Å²) in [4.78, 5) is 18.4. The third-order valence-corrected chi connectivity index (χ3v) is 8.20. The molecule has 1 unspecified atom stereocenters. The van der Waals surface area contributed by atoms with E-state index in [-0.39, 0.29) is 11.2 Å². The molecule has 1 aliphatic heterocycles. The number of hydrogen-bond acceptors (Lipinski definition) is 6. The minimum atomic E-state index is -0.410. The lowest BCUT2D eigenvalue weighted by atomic mass is 9.73. The van der Waals surface area contributed by atoms with Crippen LogP contribution in [0, 0.1) is 12.3 Å². The number of fused-ring (bicyclic) bond motifs is 1. The van der Waals surface area contributed by atoms with Crippen LogP contribution < -0.4 is 10.1 Å². The lowest BCUT2D eigenvalue weighted by Crippen LogP contribution is -2.36. The quantitative estimate of drug-likeness (QED) is 0.308. The molecule has 0 spiro atoms. The van der Waals surface area contributed by atoms with Crippen LogP contribution in [0.4, 0.5) is 5.95 Å². The van der Waals surface area contributed by atoms with E-state index in [1.807, 2.05) is 35.0 Å². The molecule has 2 aliphatic rings. The van der Waals surface area contributed by atoms with Crippen LogP contribution >= 0.6 is 27.7 Å². The highest BCUT2D eigenvalue weighted by Gasteiger charge is 2.42. The van der Waals surface area contributed by atoms with Gasteiger partial charge in [0.1, 0.15) is 18.4 Å². The van der Waals surface area contributed by atoms with Gasteiger partial charge >= 0.3 is 0 Å². The van der Waals surface area contributed by atoms with Crippen LogP contribution in [0.2, 0.25) is 0 Å². The Labute approximate surface area is 225 Å². The molecule has 2 heterocycles. The highest BCUT2D eigenvalue weighted by molar-refractivity contribution is 9.10. The molecule has 0 radical (unpaired) electrons. The largest absolute Gasteiger partial charge is 0.489 e. The molecule has 1 atom stereocenters. The summed E-state index contributed by atoms with van der Waals surface area (Å²) in [7, 11) is 0. The molecule has 0 bridgehead atoms. The number of anilines is 1. The molecule has 8 heteroatoms. The summed E-state index contributed by atoms with van der Waals surface area (Å²) in [5.41, 5.74) is 4.81. The van der Waals surface area contributed by atoms with Crippen molar-refractivity contribution < 1.29 is 9.53 Å². The second-order valence-corrected chi connectivity index (χ2v) is 12.2. The Morgan fingerprint density at radius 2 is 2.03 bits per heavy atom.